The molecule has 2 rings (SSSR count). The van der Waals surface area contributed by atoms with Gasteiger partial charge in [-0.1, -0.05) is 0 Å². The number of hydrogen-bond donors (Lipinski definition) is 3. The quantitative estimate of drug-likeness (QED) is 0.502. The van der Waals surface area contributed by atoms with Crippen molar-refractivity contribution in [2.45, 2.75) is 45.3 Å². The molecular formula is C19H27NO8. The average molecular weight is 397 g/mol. The topological polar surface area (TPSA) is 131 Å². The Morgan fingerprint density at radius 1 is 1.07 bits per heavy atom. The van der Waals surface area contributed by atoms with Crippen molar-refractivity contribution in [3.63, 3.8) is 0 Å². The Morgan fingerprint density at radius 2 is 1.61 bits per heavy atom. The lowest BCUT2D eigenvalue weighted by Crippen LogP contribution is -2.32. The fourth-order valence-corrected chi connectivity index (χ4v) is 2.73. The molecule has 0 aromatic heterocycles. The Balaban J connectivity index is 0.000000568. The molecule has 1 aliphatic carbocycles. The lowest BCUT2D eigenvalue weighted by Gasteiger charge is -2.21. The van der Waals surface area contributed by atoms with E-state index in [1.54, 1.807) is 14.2 Å². The van der Waals surface area contributed by atoms with Crippen molar-refractivity contribution in [2.24, 2.45) is 0 Å². The fourth-order valence-electron chi connectivity index (χ4n) is 2.73. The van der Waals surface area contributed by atoms with Gasteiger partial charge in [-0.2, -0.15) is 0 Å². The van der Waals surface area contributed by atoms with Crippen LogP contribution in [0, 0.1) is 0 Å². The van der Waals surface area contributed by atoms with E-state index in [1.807, 2.05) is 32.9 Å². The van der Waals surface area contributed by atoms with E-state index in [2.05, 4.69) is 5.32 Å². The van der Waals surface area contributed by atoms with Crippen molar-refractivity contribution < 1.29 is 38.8 Å². The lowest BCUT2D eigenvalue weighted by atomic mass is 10.1. The lowest BCUT2D eigenvalue weighted by molar-refractivity contribution is -0.159. The molecule has 0 fully saturated rings. The summed E-state index contributed by atoms with van der Waals surface area (Å²) in [6, 6.07) is 4.15. The predicted molar refractivity (Wildman–Crippen MR) is 99.7 cm³/mol. The van der Waals surface area contributed by atoms with Gasteiger partial charge in [0.05, 0.1) is 20.8 Å². The number of nitrogens with one attached hydrogen (secondary N) is 1. The third-order valence-corrected chi connectivity index (χ3v) is 3.82. The molecule has 156 valence electrons. The summed E-state index contributed by atoms with van der Waals surface area (Å²) in [6.07, 6.45) is 1.91. The minimum Gasteiger partial charge on any atom is -0.493 e. The summed E-state index contributed by atoms with van der Waals surface area (Å²) in [6.45, 7) is 5.81. The molecule has 3 N–H and O–H groups in total. The number of hydrogen-bond acceptors (Lipinski definition) is 7. The van der Waals surface area contributed by atoms with E-state index in [0.29, 0.717) is 5.75 Å². The number of carbonyl (C=O) groups excluding carboxylic acids is 1. The Bertz CT molecular complexity index is 711. The molecule has 1 atom stereocenters. The van der Waals surface area contributed by atoms with Crippen molar-refractivity contribution >= 4 is 17.9 Å². The number of aliphatic carboxylic acids is 2. The second-order valence-corrected chi connectivity index (χ2v) is 7.07. The zero-order valence-electron chi connectivity index (χ0n) is 16.7. The number of esters is 1. The van der Waals surface area contributed by atoms with Crippen molar-refractivity contribution in [1.82, 2.24) is 5.32 Å². The molecule has 9 nitrogen and oxygen atoms in total. The number of benzene rings is 1. The summed E-state index contributed by atoms with van der Waals surface area (Å²) in [7, 11) is 3.26. The van der Waals surface area contributed by atoms with E-state index in [9.17, 15) is 4.79 Å². The van der Waals surface area contributed by atoms with Crippen LogP contribution < -0.4 is 14.8 Å². The molecule has 1 aliphatic rings. The molecule has 0 heterocycles. The molecule has 0 saturated carbocycles. The summed E-state index contributed by atoms with van der Waals surface area (Å²) in [5.41, 5.74) is 1.95. The van der Waals surface area contributed by atoms with Crippen LogP contribution in [0.15, 0.2) is 12.1 Å². The van der Waals surface area contributed by atoms with Gasteiger partial charge in [0.15, 0.2) is 11.5 Å². The first kappa shape index (κ1) is 23.2. The van der Waals surface area contributed by atoms with E-state index >= 15 is 0 Å². The maximum Gasteiger partial charge on any atom is 0.414 e. The molecule has 1 unspecified atom stereocenters. The maximum atomic E-state index is 11.8. The van der Waals surface area contributed by atoms with Gasteiger partial charge in [0, 0.05) is 6.04 Å². The van der Waals surface area contributed by atoms with Gasteiger partial charge in [0.1, 0.15) is 5.60 Å². The third kappa shape index (κ3) is 7.07. The van der Waals surface area contributed by atoms with Gasteiger partial charge in [-0.3, -0.25) is 4.79 Å². The minimum absolute atomic E-state index is 0.141. The van der Waals surface area contributed by atoms with E-state index in [4.69, 9.17) is 34.0 Å². The number of carboxylic acids is 2. The SMILES string of the molecule is COc1cc2c(cc1OC)C(NCC(=O)OC(C)(C)C)CC2.O=C(O)C(=O)O. The van der Waals surface area contributed by atoms with E-state index in [1.165, 1.54) is 11.1 Å². The molecule has 0 saturated heterocycles. The monoisotopic (exact) mass is 397 g/mol. The first-order chi connectivity index (χ1) is 13.0. The van der Waals surface area contributed by atoms with Crippen LogP contribution in [-0.4, -0.2) is 54.5 Å². The molecule has 0 aliphatic heterocycles. The predicted octanol–water partition coefficient (Wildman–Crippen LogP) is 1.78. The molecule has 0 spiro atoms. The van der Waals surface area contributed by atoms with E-state index in [-0.39, 0.29) is 18.6 Å². The normalized spacial score (nSPS) is 15.0. The highest BCUT2D eigenvalue weighted by atomic mass is 16.6. The Kier molecular flexibility index (Phi) is 8.24. The van der Waals surface area contributed by atoms with Crippen LogP contribution in [0.5, 0.6) is 11.5 Å². The van der Waals surface area contributed by atoms with Crippen LogP contribution in [0.25, 0.3) is 0 Å². The number of aryl methyl sites for hydroxylation is 1. The fraction of sp³-hybridized carbons (Fsp3) is 0.526. The van der Waals surface area contributed by atoms with Crippen molar-refractivity contribution in [3.8, 4) is 11.5 Å². The first-order valence-corrected chi connectivity index (χ1v) is 8.64. The molecule has 1 aromatic carbocycles. The Labute approximate surface area is 163 Å². The van der Waals surface area contributed by atoms with Crippen LogP contribution in [-0.2, 0) is 25.5 Å². The highest BCUT2D eigenvalue weighted by Gasteiger charge is 2.26. The van der Waals surface area contributed by atoms with Gasteiger partial charge in [-0.05, 0) is 56.9 Å². The molecule has 28 heavy (non-hydrogen) atoms. The summed E-state index contributed by atoms with van der Waals surface area (Å²) < 4.78 is 16.0. The molecular weight excluding hydrogens is 370 g/mol. The molecule has 0 bridgehead atoms. The highest BCUT2D eigenvalue weighted by molar-refractivity contribution is 6.27. The van der Waals surface area contributed by atoms with Gasteiger partial charge < -0.3 is 29.7 Å². The Hall–Kier alpha value is -2.81. The van der Waals surface area contributed by atoms with Crippen LogP contribution in [0.1, 0.15) is 44.4 Å². The van der Waals surface area contributed by atoms with Gasteiger partial charge in [-0.15, -0.1) is 0 Å². The van der Waals surface area contributed by atoms with Gasteiger partial charge in [0.25, 0.3) is 0 Å². The van der Waals surface area contributed by atoms with Crippen LogP contribution in [0.2, 0.25) is 0 Å². The highest BCUT2D eigenvalue weighted by Crippen LogP contribution is 2.39. The summed E-state index contributed by atoms with van der Waals surface area (Å²) in [5, 5.41) is 18.1. The van der Waals surface area contributed by atoms with Gasteiger partial charge in [0.2, 0.25) is 0 Å². The number of carboxylic acid groups (broad SMARTS) is 2. The largest absolute Gasteiger partial charge is 0.493 e. The smallest absolute Gasteiger partial charge is 0.414 e. The van der Waals surface area contributed by atoms with Crippen LogP contribution in [0.4, 0.5) is 0 Å². The first-order valence-electron chi connectivity index (χ1n) is 8.64. The second kappa shape index (κ2) is 9.93. The van der Waals surface area contributed by atoms with E-state index in [0.717, 1.165) is 18.6 Å². The zero-order valence-corrected chi connectivity index (χ0v) is 16.7. The summed E-state index contributed by atoms with van der Waals surface area (Å²) in [5.74, 6) is -2.42. The van der Waals surface area contributed by atoms with Crippen molar-refractivity contribution in [3.05, 3.63) is 23.3 Å². The number of fused-ring (bicyclic) bond motifs is 1. The van der Waals surface area contributed by atoms with Crippen molar-refractivity contribution in [1.29, 1.82) is 0 Å². The molecule has 9 heteroatoms. The van der Waals surface area contributed by atoms with Gasteiger partial charge in [-0.25, -0.2) is 9.59 Å². The second-order valence-electron chi connectivity index (χ2n) is 7.07. The maximum absolute atomic E-state index is 11.8. The summed E-state index contributed by atoms with van der Waals surface area (Å²) in [4.78, 5) is 30.0. The number of methoxy groups -OCH3 is 2. The number of rotatable bonds is 5. The van der Waals surface area contributed by atoms with Gasteiger partial charge >= 0.3 is 17.9 Å². The van der Waals surface area contributed by atoms with E-state index < -0.39 is 17.5 Å². The molecule has 0 amide bonds. The third-order valence-electron chi connectivity index (χ3n) is 3.82. The number of carbonyl (C=O) groups is 3. The average Bonchev–Trinajstić information content (AvgIpc) is 2.99. The summed E-state index contributed by atoms with van der Waals surface area (Å²) >= 11 is 0. The van der Waals surface area contributed by atoms with Crippen molar-refractivity contribution in [2.75, 3.05) is 20.8 Å². The standard InChI is InChI=1S/C17H25NO4.C2H2O4/c1-17(2,3)22-16(19)10-18-13-7-6-11-8-14(20-4)15(21-5)9-12(11)13;3-1(4)2(5)6/h8-9,13,18H,6-7,10H2,1-5H3;(H,3,4)(H,5,6). The van der Waals surface area contributed by atoms with Crippen LogP contribution >= 0.6 is 0 Å². The zero-order chi connectivity index (χ0) is 21.5. The Morgan fingerprint density at radius 3 is 2.07 bits per heavy atom. The minimum atomic E-state index is -1.82. The number of ether oxygens (including phenoxy) is 3. The molecule has 1 aromatic rings. The molecule has 0 radical (unpaired) electrons. The van der Waals surface area contributed by atoms with Crippen LogP contribution in [0.3, 0.4) is 0 Å².